The molecule has 0 spiro atoms. The van der Waals surface area contributed by atoms with Gasteiger partial charge in [0, 0.05) is 30.2 Å². The van der Waals surface area contributed by atoms with Gasteiger partial charge in [-0.2, -0.15) is 0 Å². The average Bonchev–Trinajstić information content (AvgIpc) is 2.75. The third-order valence-corrected chi connectivity index (χ3v) is 3.37. The van der Waals surface area contributed by atoms with Crippen LogP contribution < -0.4 is 26.2 Å². The molecule has 0 radical (unpaired) electrons. The Balaban J connectivity index is 2.57. The van der Waals surface area contributed by atoms with E-state index in [0.29, 0.717) is 0 Å². The zero-order chi connectivity index (χ0) is 14.7. The lowest BCUT2D eigenvalue weighted by Crippen LogP contribution is -2.35. The predicted octanol–water partition coefficient (Wildman–Crippen LogP) is 1.19. The molecule has 0 unspecified atom stereocenters. The number of hydrogen-bond donors (Lipinski definition) is 0. The highest BCUT2D eigenvalue weighted by atomic mass is 16.3. The van der Waals surface area contributed by atoms with Crippen LogP contribution in [0.2, 0.25) is 0 Å². The van der Waals surface area contributed by atoms with Crippen LogP contribution in [0.4, 0.5) is 5.69 Å². The number of nitrogens with zero attached hydrogens (tertiary/aromatic N) is 1. The Morgan fingerprint density at radius 2 is 1.65 bits per heavy atom. The van der Waals surface area contributed by atoms with Gasteiger partial charge >= 0.3 is 0 Å². The molecule has 1 aromatic carbocycles. The minimum atomic E-state index is 0.823. The monoisotopic (exact) mass is 267 g/mol. The van der Waals surface area contributed by atoms with Crippen LogP contribution in [0.3, 0.4) is 0 Å². The molecule has 0 N–H and O–H groups in total. The number of rotatable bonds is 2. The summed E-state index contributed by atoms with van der Waals surface area (Å²) in [4.78, 5) is 2.08. The van der Waals surface area contributed by atoms with Crippen LogP contribution in [0.15, 0.2) is 28.7 Å². The Hall–Kier alpha value is -2.22. The highest BCUT2D eigenvalue weighted by Gasteiger charge is 1.97. The molecule has 0 saturated heterocycles. The average molecular weight is 267 g/mol. The van der Waals surface area contributed by atoms with Gasteiger partial charge in [0.2, 0.25) is 0 Å². The summed E-state index contributed by atoms with van der Waals surface area (Å²) in [5.41, 5.74) is 4.00. The SMILES string of the molecule is C=c1/c(=C/c2ccc(N(C)C)cc2)oc(=C/C)/c1=C\C. The van der Waals surface area contributed by atoms with E-state index in [1.54, 1.807) is 0 Å². The van der Waals surface area contributed by atoms with Gasteiger partial charge in [-0.15, -0.1) is 0 Å². The molecule has 0 aliphatic carbocycles. The molecule has 0 atom stereocenters. The Bertz CT molecular complexity index is 808. The summed E-state index contributed by atoms with van der Waals surface area (Å²) in [5.74, 6) is 0. The van der Waals surface area contributed by atoms with Gasteiger partial charge in [-0.25, -0.2) is 0 Å². The van der Waals surface area contributed by atoms with Crippen molar-refractivity contribution in [1.29, 1.82) is 0 Å². The Kier molecular flexibility index (Phi) is 4.14. The van der Waals surface area contributed by atoms with E-state index < -0.39 is 0 Å². The minimum absolute atomic E-state index is 0.823. The largest absolute Gasteiger partial charge is 0.456 e. The summed E-state index contributed by atoms with van der Waals surface area (Å²) in [5, 5.41) is 2.01. The summed E-state index contributed by atoms with van der Waals surface area (Å²) in [6, 6.07) is 8.36. The molecule has 0 bridgehead atoms. The molecule has 2 heteroatoms. The first-order valence-corrected chi connectivity index (χ1v) is 6.76. The van der Waals surface area contributed by atoms with Crippen molar-refractivity contribution in [2.24, 2.45) is 0 Å². The summed E-state index contributed by atoms with van der Waals surface area (Å²) >= 11 is 0. The van der Waals surface area contributed by atoms with E-state index in [-0.39, 0.29) is 0 Å². The fourth-order valence-corrected chi connectivity index (χ4v) is 2.18. The topological polar surface area (TPSA) is 16.4 Å². The maximum atomic E-state index is 5.85. The molecule has 2 rings (SSSR count). The van der Waals surface area contributed by atoms with E-state index in [2.05, 4.69) is 35.7 Å². The summed E-state index contributed by atoms with van der Waals surface area (Å²) in [6.07, 6.45) is 6.03. The standard InChI is InChI=1S/C18H21NO/c1-6-16-13(3)18(20-17(16)7-2)12-14-8-10-15(11-9-14)19(4)5/h6-12H,3H2,1-2,4-5H3/b16-6-,17-7+,18-12-. The molecule has 20 heavy (non-hydrogen) atoms. The van der Waals surface area contributed by atoms with Gasteiger partial charge in [0.1, 0.15) is 10.8 Å². The van der Waals surface area contributed by atoms with Crippen molar-refractivity contribution in [3.63, 3.8) is 0 Å². The summed E-state index contributed by atoms with van der Waals surface area (Å²) in [6.45, 7) is 8.09. The van der Waals surface area contributed by atoms with Crippen LogP contribution in [-0.4, -0.2) is 14.1 Å². The van der Waals surface area contributed by atoms with Crippen molar-refractivity contribution in [3.05, 3.63) is 51.1 Å². The lowest BCUT2D eigenvalue weighted by atomic mass is 10.2. The lowest BCUT2D eigenvalue weighted by molar-refractivity contribution is 0.498. The molecule has 1 aromatic heterocycles. The van der Waals surface area contributed by atoms with Crippen LogP contribution in [0.1, 0.15) is 19.4 Å². The fraction of sp³-hybridized carbons (Fsp3) is 0.222. The van der Waals surface area contributed by atoms with Gasteiger partial charge in [-0.1, -0.05) is 24.8 Å². The normalized spacial score (nSPS) is 14.1. The Morgan fingerprint density at radius 1 is 1.00 bits per heavy atom. The second-order valence-corrected chi connectivity index (χ2v) is 4.93. The smallest absolute Gasteiger partial charge is 0.135 e. The molecule has 0 saturated carbocycles. The number of hydrogen-bond acceptors (Lipinski definition) is 2. The third kappa shape index (κ3) is 2.69. The predicted molar refractivity (Wildman–Crippen MR) is 87.3 cm³/mol. The number of anilines is 1. The van der Waals surface area contributed by atoms with Gasteiger partial charge in [-0.3, -0.25) is 0 Å². The quantitative estimate of drug-likeness (QED) is 0.812. The van der Waals surface area contributed by atoms with Crippen molar-refractivity contribution >= 4 is 30.5 Å². The van der Waals surface area contributed by atoms with Crippen molar-refractivity contribution in [3.8, 4) is 0 Å². The van der Waals surface area contributed by atoms with Crippen LogP contribution in [0.5, 0.6) is 0 Å². The third-order valence-electron chi connectivity index (χ3n) is 3.37. The molecule has 0 fully saturated rings. The molecular weight excluding hydrogens is 246 g/mol. The molecule has 2 aromatic rings. The van der Waals surface area contributed by atoms with E-state index in [4.69, 9.17) is 4.42 Å². The van der Waals surface area contributed by atoms with E-state index in [1.165, 1.54) is 5.69 Å². The van der Waals surface area contributed by atoms with Crippen LogP contribution in [-0.2, 0) is 0 Å². The highest BCUT2D eigenvalue weighted by Crippen LogP contribution is 2.12. The Labute approximate surface area is 119 Å². The lowest BCUT2D eigenvalue weighted by Gasteiger charge is -2.11. The summed E-state index contributed by atoms with van der Waals surface area (Å²) < 4.78 is 5.85. The molecule has 2 nitrogen and oxygen atoms in total. The minimum Gasteiger partial charge on any atom is -0.456 e. The molecule has 0 aliphatic rings. The molecule has 0 aliphatic heterocycles. The van der Waals surface area contributed by atoms with E-state index in [0.717, 1.165) is 26.8 Å². The first-order chi connectivity index (χ1) is 9.56. The summed E-state index contributed by atoms with van der Waals surface area (Å²) in [7, 11) is 4.07. The van der Waals surface area contributed by atoms with Crippen molar-refractivity contribution in [2.75, 3.05) is 19.0 Å². The van der Waals surface area contributed by atoms with Gasteiger partial charge in [-0.05, 0) is 43.7 Å². The molecule has 0 amide bonds. The zero-order valence-electron chi connectivity index (χ0n) is 12.6. The second kappa shape index (κ2) is 5.83. The fourth-order valence-electron chi connectivity index (χ4n) is 2.18. The van der Waals surface area contributed by atoms with Crippen molar-refractivity contribution < 1.29 is 4.42 Å². The number of benzene rings is 1. The molecular formula is C18H21NO. The van der Waals surface area contributed by atoms with E-state index in [9.17, 15) is 0 Å². The molecule has 1 heterocycles. The van der Waals surface area contributed by atoms with E-state index >= 15 is 0 Å². The van der Waals surface area contributed by atoms with Gasteiger partial charge in [0.05, 0.1) is 0 Å². The Morgan fingerprint density at radius 3 is 2.10 bits per heavy atom. The zero-order valence-corrected chi connectivity index (χ0v) is 12.6. The maximum Gasteiger partial charge on any atom is 0.135 e. The second-order valence-electron chi connectivity index (χ2n) is 4.93. The first kappa shape index (κ1) is 14.2. The first-order valence-electron chi connectivity index (χ1n) is 6.76. The van der Waals surface area contributed by atoms with Crippen LogP contribution in [0, 0.1) is 0 Å². The van der Waals surface area contributed by atoms with Gasteiger partial charge in [0.15, 0.2) is 0 Å². The number of furan rings is 1. The highest BCUT2D eigenvalue weighted by molar-refractivity contribution is 5.55. The molecule has 104 valence electrons. The van der Waals surface area contributed by atoms with Gasteiger partial charge < -0.3 is 9.32 Å². The van der Waals surface area contributed by atoms with E-state index in [1.807, 2.05) is 46.2 Å². The van der Waals surface area contributed by atoms with Crippen LogP contribution in [0.25, 0.3) is 24.8 Å². The van der Waals surface area contributed by atoms with Gasteiger partial charge in [0.25, 0.3) is 0 Å². The van der Waals surface area contributed by atoms with Crippen molar-refractivity contribution in [2.45, 2.75) is 13.8 Å². The van der Waals surface area contributed by atoms with Crippen LogP contribution >= 0.6 is 0 Å². The van der Waals surface area contributed by atoms with Crippen molar-refractivity contribution in [1.82, 2.24) is 0 Å². The maximum absolute atomic E-state index is 5.85.